The van der Waals surface area contributed by atoms with Gasteiger partial charge in [0, 0.05) is 50.5 Å². The lowest BCUT2D eigenvalue weighted by molar-refractivity contribution is -0.149. The van der Waals surface area contributed by atoms with Gasteiger partial charge in [0.2, 0.25) is 76.8 Å². The van der Waals surface area contributed by atoms with Crippen LogP contribution in [-0.4, -0.2) is 267 Å². The molecule has 1 aromatic rings. The molecular weight excluding hydrogens is 1440 g/mol. The molecular formula is C70H109N21O19. The predicted octanol–water partition coefficient (Wildman–Crippen LogP) is -5.06. The third-order valence-corrected chi connectivity index (χ3v) is 19.4. The van der Waals surface area contributed by atoms with Gasteiger partial charge in [-0.3, -0.25) is 72.1 Å². The number of nitrogens with two attached hydrogens (primary N) is 4. The van der Waals surface area contributed by atoms with Crippen molar-refractivity contribution in [2.24, 2.45) is 44.9 Å². The zero-order valence-electron chi connectivity index (χ0n) is 62.7. The zero-order valence-corrected chi connectivity index (χ0v) is 62.7. The highest BCUT2D eigenvalue weighted by Crippen LogP contribution is 2.28. The molecule has 110 heavy (non-hydrogen) atoms. The summed E-state index contributed by atoms with van der Waals surface area (Å²) in [5, 5.41) is 68.9. The summed E-state index contributed by atoms with van der Waals surface area (Å²) >= 11 is 0. The maximum atomic E-state index is 14.9. The van der Waals surface area contributed by atoms with Gasteiger partial charge >= 0.3 is 11.9 Å². The van der Waals surface area contributed by atoms with Crippen LogP contribution in [0.2, 0.25) is 0 Å². The molecule has 3 fully saturated rings. The van der Waals surface area contributed by atoms with Crippen LogP contribution in [0.5, 0.6) is 0 Å². The Hall–Kier alpha value is -10.8. The molecule has 0 saturated carbocycles. The van der Waals surface area contributed by atoms with Crippen molar-refractivity contribution in [3.8, 4) is 12.3 Å². The number of hydrogen-bond donors (Lipinski definition) is 18. The number of aliphatic hydroxyl groups is 2. The summed E-state index contributed by atoms with van der Waals surface area (Å²) in [6.07, 6.45) is 4.68. The van der Waals surface area contributed by atoms with Gasteiger partial charge in [-0.2, -0.15) is 0 Å². The fraction of sp³-hybridized carbons (Fsp3) is 0.657. The summed E-state index contributed by atoms with van der Waals surface area (Å²) < 4.78 is 0. The number of carboxylic acids is 2. The molecule has 0 bridgehead atoms. The van der Waals surface area contributed by atoms with Crippen LogP contribution in [0, 0.1) is 24.2 Å². The standard InChI is InChI=1S/C70H109N21O19/c1-7-19-42(57(97)82-46(34-41-20-11-10-12-21-41)66(106)89-31-16-24-49(89)62(102)83-47(69(109)110)35-53(95)96)80-64(104)54(38(4)8-2)85-63(103)50-25-17-32-90(50)67(107)51-26-18-33-91(51)68(108)55(39(5)9-3)86-61(101)48(37-92)84-59(99)44(22-13-14-28-71)81-65(105)56(40(6)93)87-60(100)45(27-30-77-88-75)79-58(98)43(78-52(94)36-72)23-15-29-76-70(73)74/h1,10-12,20-21,38-40,42-51,54-56,92-93H,8-9,13-19,22-37,71-72H2,2-6H3,(H,78,94)(H,79,98)(H,80,104)(H,81,105)(H,82,97)(H,83,102)(H,84,99)(H,85,103)(H,86,101)(H,87,100)(H,95,96)(H,109,110)(H4,73,74,76)/t38-,39-,40+,42-,43-,44-,45-,46-,47-,48-,49-,50-,51-,54-,55-,56-/m0/s1. The minimum Gasteiger partial charge on any atom is -0.481 e. The Balaban J connectivity index is 1.51. The number of terminal acetylenes is 1. The van der Waals surface area contributed by atoms with Gasteiger partial charge in [0.1, 0.15) is 78.5 Å². The van der Waals surface area contributed by atoms with E-state index in [2.05, 4.69) is 74.1 Å². The van der Waals surface area contributed by atoms with Crippen molar-refractivity contribution >= 4 is 94.7 Å². The van der Waals surface area contributed by atoms with E-state index in [1.807, 2.05) is 0 Å². The van der Waals surface area contributed by atoms with Crippen LogP contribution in [0.1, 0.15) is 143 Å². The summed E-state index contributed by atoms with van der Waals surface area (Å²) in [6.45, 7) is 6.37. The lowest BCUT2D eigenvalue weighted by atomic mass is 9.96. The number of carboxylic acid groups (broad SMARTS) is 2. The highest BCUT2D eigenvalue weighted by molar-refractivity contribution is 6.01. The largest absolute Gasteiger partial charge is 0.481 e. The van der Waals surface area contributed by atoms with Gasteiger partial charge < -0.3 is 111 Å². The molecule has 3 heterocycles. The number of guanidine groups is 1. The summed E-state index contributed by atoms with van der Waals surface area (Å²) in [6, 6.07) is -10.5. The highest BCUT2D eigenvalue weighted by Gasteiger charge is 2.47. The average Bonchev–Trinajstić information content (AvgIpc) is 1.62. The number of hydrogen-bond acceptors (Lipinski definition) is 21. The van der Waals surface area contributed by atoms with Crippen molar-refractivity contribution in [3.05, 3.63) is 46.3 Å². The Morgan fingerprint density at radius 2 is 1.06 bits per heavy atom. The van der Waals surface area contributed by atoms with Crippen LogP contribution in [0.15, 0.2) is 40.4 Å². The van der Waals surface area contributed by atoms with Crippen molar-refractivity contribution in [3.63, 3.8) is 0 Å². The summed E-state index contributed by atoms with van der Waals surface area (Å²) in [5.74, 6) is -13.6. The number of nitrogens with zero attached hydrogens (tertiary/aromatic N) is 7. The van der Waals surface area contributed by atoms with E-state index in [-0.39, 0.29) is 109 Å². The first-order valence-corrected chi connectivity index (χ1v) is 36.9. The molecule has 0 spiro atoms. The number of aliphatic carboxylic acids is 2. The second-order valence-corrected chi connectivity index (χ2v) is 27.4. The number of azide groups is 1. The Morgan fingerprint density at radius 3 is 1.63 bits per heavy atom. The van der Waals surface area contributed by atoms with Crippen LogP contribution in [0.4, 0.5) is 0 Å². The third-order valence-electron chi connectivity index (χ3n) is 19.4. The van der Waals surface area contributed by atoms with Crippen molar-refractivity contribution in [2.75, 3.05) is 52.4 Å². The second-order valence-electron chi connectivity index (χ2n) is 27.4. The van der Waals surface area contributed by atoms with Gasteiger partial charge in [-0.15, -0.1) is 12.3 Å². The van der Waals surface area contributed by atoms with E-state index >= 15 is 0 Å². The van der Waals surface area contributed by atoms with Crippen molar-refractivity contribution in [1.82, 2.24) is 67.9 Å². The molecule has 1 aromatic carbocycles. The van der Waals surface area contributed by atoms with Crippen molar-refractivity contribution < 1.29 is 92.3 Å². The van der Waals surface area contributed by atoms with Crippen LogP contribution in [0.3, 0.4) is 0 Å². The SMILES string of the molecule is C#CC[C@H](NC(=O)[C@@H](NC(=O)[C@@H]1CCCN1C(=O)[C@@H]1CCCN1C(=O)[C@@H](NC(=O)[C@H](CO)NC(=O)[C@H](CCCCN)NC(=O)[C@@H](NC(=O)[C@H](CCN=[N+]=[N-])NC(=O)[C@H](CCCN=C(N)N)NC(=O)CN)[C@@H](C)O)[C@@H](C)CC)[C@@H](C)CC)C(=O)N[C@@H](Cc1ccccc1)C(=O)N1CCC[C@H]1C(=O)N[C@@H](CC(=O)O)C(=O)O. The normalized spacial score (nSPS) is 18.7. The molecule has 40 heteroatoms. The van der Waals surface area contributed by atoms with Gasteiger partial charge in [-0.25, -0.2) is 4.79 Å². The van der Waals surface area contributed by atoms with E-state index in [0.717, 1.165) is 6.92 Å². The van der Waals surface area contributed by atoms with Crippen LogP contribution in [0.25, 0.3) is 10.4 Å². The molecule has 3 aliphatic heterocycles. The van der Waals surface area contributed by atoms with Crippen LogP contribution in [-0.2, 0) is 78.3 Å². The number of benzene rings is 1. The first kappa shape index (κ1) is 91.6. The monoisotopic (exact) mass is 1550 g/mol. The number of aliphatic imine (C=N–C) groups is 1. The predicted molar refractivity (Wildman–Crippen MR) is 395 cm³/mol. The van der Waals surface area contributed by atoms with Gasteiger partial charge in [0.05, 0.1) is 25.7 Å². The first-order chi connectivity index (χ1) is 52.3. The molecule has 40 nitrogen and oxygen atoms in total. The first-order valence-electron chi connectivity index (χ1n) is 36.9. The van der Waals surface area contributed by atoms with Gasteiger partial charge in [0.25, 0.3) is 0 Å². The number of rotatable bonds is 46. The van der Waals surface area contributed by atoms with E-state index in [0.29, 0.717) is 37.7 Å². The number of aliphatic hydroxyl groups excluding tert-OH is 2. The van der Waals surface area contributed by atoms with Gasteiger partial charge in [-0.05, 0) is 113 Å². The molecule has 3 aliphatic rings. The lowest BCUT2D eigenvalue weighted by Crippen LogP contribution is -2.62. The molecule has 0 unspecified atom stereocenters. The number of amides is 13. The Morgan fingerprint density at radius 1 is 0.573 bits per heavy atom. The second kappa shape index (κ2) is 46.6. The average molecular weight is 1550 g/mol. The summed E-state index contributed by atoms with van der Waals surface area (Å²) in [7, 11) is 0. The number of carbonyl (C=O) groups excluding carboxylic acids is 13. The fourth-order valence-corrected chi connectivity index (χ4v) is 12.9. The smallest absolute Gasteiger partial charge is 0.326 e. The molecule has 0 radical (unpaired) electrons. The topological polar surface area (TPSA) is 632 Å². The summed E-state index contributed by atoms with van der Waals surface area (Å²) in [4.78, 5) is 217. The number of carbonyl (C=O) groups is 15. The Kier molecular flexibility index (Phi) is 38.8. The quantitative estimate of drug-likeness (QED) is 0.00552. The molecule has 13 amide bonds. The van der Waals surface area contributed by atoms with Gasteiger partial charge in [0.15, 0.2) is 5.96 Å². The molecule has 22 N–H and O–H groups in total. The lowest BCUT2D eigenvalue weighted by Gasteiger charge is -2.35. The highest BCUT2D eigenvalue weighted by atomic mass is 16.4. The van der Waals surface area contributed by atoms with E-state index in [1.165, 1.54) is 14.7 Å². The van der Waals surface area contributed by atoms with Crippen molar-refractivity contribution in [1.29, 1.82) is 0 Å². The van der Waals surface area contributed by atoms with Crippen LogP contribution >= 0.6 is 0 Å². The van der Waals surface area contributed by atoms with Crippen molar-refractivity contribution in [2.45, 2.75) is 228 Å². The number of likely N-dealkylation sites (tertiary alicyclic amines) is 3. The maximum absolute atomic E-state index is 14.9. The van der Waals surface area contributed by atoms with Gasteiger partial charge in [-0.1, -0.05) is 76.0 Å². The fourth-order valence-electron chi connectivity index (χ4n) is 12.9. The van der Waals surface area contributed by atoms with E-state index in [9.17, 15) is 92.3 Å². The molecule has 608 valence electrons. The number of nitrogens with one attached hydrogen (secondary N) is 10. The molecule has 4 rings (SSSR count). The van der Waals surface area contributed by atoms with E-state index in [1.54, 1.807) is 58.0 Å². The summed E-state index contributed by atoms with van der Waals surface area (Å²) in [5.41, 5.74) is 31.6. The molecule has 0 aromatic heterocycles. The maximum Gasteiger partial charge on any atom is 0.326 e. The minimum absolute atomic E-state index is 0.0139. The third kappa shape index (κ3) is 28.0. The number of unbranched alkanes of at least 4 members (excludes halogenated alkanes) is 1. The zero-order chi connectivity index (χ0) is 81.9. The Bertz CT molecular complexity index is 3500. The Labute approximate surface area is 637 Å². The molecule has 16 atom stereocenters. The van der Waals surface area contributed by atoms with Crippen LogP contribution < -0.4 is 76.1 Å². The molecule has 0 aliphatic carbocycles. The molecule has 3 saturated heterocycles. The van der Waals surface area contributed by atoms with E-state index < -0.39 is 211 Å². The minimum atomic E-state index is -1.84. The van der Waals surface area contributed by atoms with E-state index in [4.69, 9.17) is 34.9 Å².